The lowest BCUT2D eigenvalue weighted by molar-refractivity contribution is 0.395. The van der Waals surface area contributed by atoms with Gasteiger partial charge in [0.1, 0.15) is 16.5 Å². The normalized spacial score (nSPS) is 13.9. The van der Waals surface area contributed by atoms with Crippen LogP contribution in [0.25, 0.3) is 21.8 Å². The van der Waals surface area contributed by atoms with Gasteiger partial charge in [-0.2, -0.15) is 0 Å². The SMILES string of the molecule is COc1ccc(-c2nc(-c3cc(C)n(C4CC4)c3C)cs2)c(OC)c1. The molecule has 1 aliphatic carbocycles. The summed E-state index contributed by atoms with van der Waals surface area (Å²) in [4.78, 5) is 4.89. The van der Waals surface area contributed by atoms with Crippen molar-refractivity contribution in [3.05, 3.63) is 41.0 Å². The molecule has 1 fully saturated rings. The maximum Gasteiger partial charge on any atom is 0.132 e. The number of thiazole rings is 1. The third-order valence-electron chi connectivity index (χ3n) is 4.82. The van der Waals surface area contributed by atoms with E-state index in [-0.39, 0.29) is 0 Å². The van der Waals surface area contributed by atoms with E-state index in [1.165, 1.54) is 29.8 Å². The molecule has 2 aromatic heterocycles. The Labute approximate surface area is 152 Å². The van der Waals surface area contributed by atoms with E-state index in [1.807, 2.05) is 18.2 Å². The first-order chi connectivity index (χ1) is 12.1. The lowest BCUT2D eigenvalue weighted by Crippen LogP contribution is -1.98. The van der Waals surface area contributed by atoms with E-state index in [1.54, 1.807) is 25.6 Å². The summed E-state index contributed by atoms with van der Waals surface area (Å²) in [7, 11) is 3.33. The fraction of sp³-hybridized carbons (Fsp3) is 0.350. The molecule has 0 radical (unpaired) electrons. The minimum absolute atomic E-state index is 0.688. The van der Waals surface area contributed by atoms with Gasteiger partial charge in [0.05, 0.1) is 25.5 Å². The lowest BCUT2D eigenvalue weighted by atomic mass is 10.2. The average Bonchev–Trinajstić information content (AvgIpc) is 3.25. The summed E-state index contributed by atoms with van der Waals surface area (Å²) in [6.07, 6.45) is 2.59. The van der Waals surface area contributed by atoms with E-state index in [2.05, 4.69) is 29.9 Å². The Bertz CT molecular complexity index is 922. The Morgan fingerprint density at radius 2 is 1.88 bits per heavy atom. The van der Waals surface area contributed by atoms with Gasteiger partial charge in [0, 0.05) is 34.4 Å². The number of hydrogen-bond acceptors (Lipinski definition) is 4. The Morgan fingerprint density at radius 3 is 2.56 bits per heavy atom. The summed E-state index contributed by atoms with van der Waals surface area (Å²) in [5.74, 6) is 1.56. The van der Waals surface area contributed by atoms with Gasteiger partial charge in [0.15, 0.2) is 0 Å². The van der Waals surface area contributed by atoms with Crippen LogP contribution >= 0.6 is 11.3 Å². The highest BCUT2D eigenvalue weighted by atomic mass is 32.1. The monoisotopic (exact) mass is 354 g/mol. The highest BCUT2D eigenvalue weighted by Gasteiger charge is 2.27. The average molecular weight is 354 g/mol. The largest absolute Gasteiger partial charge is 0.497 e. The third kappa shape index (κ3) is 2.82. The summed E-state index contributed by atoms with van der Waals surface area (Å²) in [5, 5.41) is 3.10. The molecule has 0 bridgehead atoms. The van der Waals surface area contributed by atoms with Gasteiger partial charge in [0.25, 0.3) is 0 Å². The van der Waals surface area contributed by atoms with E-state index in [9.17, 15) is 0 Å². The number of benzene rings is 1. The Kier molecular flexibility index (Phi) is 4.04. The molecule has 4 rings (SSSR count). The van der Waals surface area contributed by atoms with E-state index in [0.29, 0.717) is 6.04 Å². The minimum Gasteiger partial charge on any atom is -0.497 e. The van der Waals surface area contributed by atoms with E-state index in [0.717, 1.165) is 27.8 Å². The molecule has 1 aliphatic rings. The van der Waals surface area contributed by atoms with E-state index in [4.69, 9.17) is 14.5 Å². The van der Waals surface area contributed by atoms with Crippen LogP contribution in [0.4, 0.5) is 0 Å². The van der Waals surface area contributed by atoms with Crippen LogP contribution in [0.2, 0.25) is 0 Å². The van der Waals surface area contributed by atoms with Crippen LogP contribution in [-0.2, 0) is 0 Å². The minimum atomic E-state index is 0.688. The molecule has 1 aromatic carbocycles. The first-order valence-electron chi connectivity index (χ1n) is 8.49. The van der Waals surface area contributed by atoms with Crippen molar-refractivity contribution in [2.24, 2.45) is 0 Å². The van der Waals surface area contributed by atoms with E-state index < -0.39 is 0 Å². The van der Waals surface area contributed by atoms with Gasteiger partial charge in [-0.1, -0.05) is 0 Å². The molecule has 0 aliphatic heterocycles. The molecule has 0 atom stereocenters. The van der Waals surface area contributed by atoms with Gasteiger partial charge in [-0.05, 0) is 44.9 Å². The summed E-state index contributed by atoms with van der Waals surface area (Å²) in [5.41, 5.74) is 5.91. The number of aromatic nitrogens is 2. The van der Waals surface area contributed by atoms with Gasteiger partial charge in [-0.3, -0.25) is 0 Å². The number of methoxy groups -OCH3 is 2. The van der Waals surface area contributed by atoms with Crippen molar-refractivity contribution in [3.8, 4) is 33.3 Å². The van der Waals surface area contributed by atoms with Crippen LogP contribution in [0.1, 0.15) is 30.3 Å². The van der Waals surface area contributed by atoms with Gasteiger partial charge < -0.3 is 14.0 Å². The summed E-state index contributed by atoms with van der Waals surface area (Å²) >= 11 is 1.65. The summed E-state index contributed by atoms with van der Waals surface area (Å²) in [6, 6.07) is 8.80. The second-order valence-corrected chi connectivity index (χ2v) is 7.35. The quantitative estimate of drug-likeness (QED) is 0.628. The molecular weight excluding hydrogens is 332 g/mol. The van der Waals surface area contributed by atoms with Crippen LogP contribution in [0.5, 0.6) is 11.5 Å². The van der Waals surface area contributed by atoms with Crippen molar-refractivity contribution in [1.29, 1.82) is 0 Å². The van der Waals surface area contributed by atoms with Crippen molar-refractivity contribution >= 4 is 11.3 Å². The number of hydrogen-bond donors (Lipinski definition) is 0. The molecule has 0 N–H and O–H groups in total. The van der Waals surface area contributed by atoms with Crippen LogP contribution < -0.4 is 9.47 Å². The summed E-state index contributed by atoms with van der Waals surface area (Å²) < 4.78 is 13.3. The molecule has 25 heavy (non-hydrogen) atoms. The molecule has 0 saturated heterocycles. The Morgan fingerprint density at radius 1 is 1.08 bits per heavy atom. The predicted molar refractivity (Wildman–Crippen MR) is 102 cm³/mol. The van der Waals surface area contributed by atoms with Crippen LogP contribution in [0.15, 0.2) is 29.6 Å². The molecule has 0 unspecified atom stereocenters. The zero-order chi connectivity index (χ0) is 17.6. The molecule has 0 spiro atoms. The van der Waals surface area contributed by atoms with Crippen molar-refractivity contribution < 1.29 is 9.47 Å². The van der Waals surface area contributed by atoms with Crippen LogP contribution in [0.3, 0.4) is 0 Å². The van der Waals surface area contributed by atoms with Crippen molar-refractivity contribution in [1.82, 2.24) is 9.55 Å². The second kappa shape index (κ2) is 6.23. The zero-order valence-electron chi connectivity index (χ0n) is 15.0. The second-order valence-electron chi connectivity index (χ2n) is 6.49. The standard InChI is InChI=1S/C20H22N2O2S/c1-12-9-17(13(2)22(12)14-5-6-14)18-11-25-20(21-18)16-8-7-15(23-3)10-19(16)24-4/h7-11,14H,5-6H2,1-4H3. The number of ether oxygens (including phenoxy) is 2. The Hall–Kier alpha value is -2.27. The zero-order valence-corrected chi connectivity index (χ0v) is 15.8. The topological polar surface area (TPSA) is 36.3 Å². The van der Waals surface area contributed by atoms with Crippen molar-refractivity contribution in [3.63, 3.8) is 0 Å². The van der Waals surface area contributed by atoms with Crippen molar-refractivity contribution in [2.45, 2.75) is 32.7 Å². The number of aryl methyl sites for hydroxylation is 1. The molecule has 5 heteroatoms. The molecule has 4 nitrogen and oxygen atoms in total. The third-order valence-corrected chi connectivity index (χ3v) is 5.69. The van der Waals surface area contributed by atoms with Gasteiger partial charge in [-0.15, -0.1) is 11.3 Å². The number of rotatable bonds is 5. The Balaban J connectivity index is 1.73. The lowest BCUT2D eigenvalue weighted by Gasteiger charge is -2.08. The number of nitrogens with zero attached hydrogens (tertiary/aromatic N) is 2. The van der Waals surface area contributed by atoms with Gasteiger partial charge in [-0.25, -0.2) is 4.98 Å². The fourth-order valence-electron chi connectivity index (χ4n) is 3.43. The first kappa shape index (κ1) is 16.2. The first-order valence-corrected chi connectivity index (χ1v) is 9.37. The highest BCUT2D eigenvalue weighted by molar-refractivity contribution is 7.13. The molecular formula is C20H22N2O2S. The molecule has 0 amide bonds. The fourth-order valence-corrected chi connectivity index (χ4v) is 4.28. The van der Waals surface area contributed by atoms with Gasteiger partial charge >= 0.3 is 0 Å². The molecule has 130 valence electrons. The molecule has 3 aromatic rings. The predicted octanol–water partition coefficient (Wildman–Crippen LogP) is 5.25. The van der Waals surface area contributed by atoms with Crippen LogP contribution in [-0.4, -0.2) is 23.8 Å². The maximum absolute atomic E-state index is 5.53. The maximum atomic E-state index is 5.53. The van der Waals surface area contributed by atoms with E-state index >= 15 is 0 Å². The van der Waals surface area contributed by atoms with Crippen molar-refractivity contribution in [2.75, 3.05) is 14.2 Å². The molecule has 1 saturated carbocycles. The smallest absolute Gasteiger partial charge is 0.132 e. The van der Waals surface area contributed by atoms with Gasteiger partial charge in [0.2, 0.25) is 0 Å². The summed E-state index contributed by atoms with van der Waals surface area (Å²) in [6.45, 7) is 4.39. The molecule has 2 heterocycles. The van der Waals surface area contributed by atoms with Crippen LogP contribution in [0, 0.1) is 13.8 Å². The highest BCUT2D eigenvalue weighted by Crippen LogP contribution is 2.42.